The molecule has 0 heterocycles. The van der Waals surface area contributed by atoms with Gasteiger partial charge in [0.2, 0.25) is 0 Å². The number of para-hydroxylation sites is 2. The summed E-state index contributed by atoms with van der Waals surface area (Å²) in [5.74, 6) is 2.04. The van der Waals surface area contributed by atoms with Crippen LogP contribution in [0.25, 0.3) is 0 Å². The number of rotatable bonds is 5. The molecule has 0 unspecified atom stereocenters. The molecule has 0 aliphatic carbocycles. The van der Waals surface area contributed by atoms with Crippen LogP contribution in [0.3, 0.4) is 0 Å². The molecule has 0 fully saturated rings. The molecule has 2 aromatic rings. The molecule has 2 aromatic carbocycles. The minimum atomic E-state index is 0.577. The summed E-state index contributed by atoms with van der Waals surface area (Å²) in [6.45, 7) is 2.71. The van der Waals surface area contributed by atoms with Crippen LogP contribution in [-0.2, 0) is 0 Å². The van der Waals surface area contributed by atoms with Crippen LogP contribution in [0, 0.1) is 11.3 Å². The van der Waals surface area contributed by atoms with E-state index in [0.29, 0.717) is 28.1 Å². The van der Waals surface area contributed by atoms with Gasteiger partial charge in [0, 0.05) is 4.47 Å². The van der Waals surface area contributed by atoms with Crippen molar-refractivity contribution in [3.05, 3.63) is 52.5 Å². The Morgan fingerprint density at radius 2 is 1.90 bits per heavy atom. The van der Waals surface area contributed by atoms with E-state index in [9.17, 15) is 0 Å². The van der Waals surface area contributed by atoms with Gasteiger partial charge in [-0.15, -0.1) is 0 Å². The highest BCUT2D eigenvalue weighted by Crippen LogP contribution is 2.33. The molecule has 3 nitrogen and oxygen atoms in total. The second-order valence-electron chi connectivity index (χ2n) is 4.15. The third-order valence-corrected chi connectivity index (χ3v) is 3.26. The first kappa shape index (κ1) is 14.4. The topological polar surface area (TPSA) is 42.2 Å². The van der Waals surface area contributed by atoms with Gasteiger partial charge in [0.15, 0.2) is 11.5 Å². The van der Waals surface area contributed by atoms with E-state index in [-0.39, 0.29) is 0 Å². The SMILES string of the molecule is CCCOc1ccccc1Oc1ccc(C#N)c(Br)c1. The van der Waals surface area contributed by atoms with Gasteiger partial charge in [0.1, 0.15) is 11.8 Å². The predicted molar refractivity (Wildman–Crippen MR) is 81.2 cm³/mol. The van der Waals surface area contributed by atoms with Crippen LogP contribution in [0.5, 0.6) is 17.2 Å². The Balaban J connectivity index is 2.22. The molecule has 0 radical (unpaired) electrons. The molecule has 2 rings (SSSR count). The maximum atomic E-state index is 8.90. The lowest BCUT2D eigenvalue weighted by Crippen LogP contribution is -1.97. The largest absolute Gasteiger partial charge is 0.490 e. The van der Waals surface area contributed by atoms with E-state index in [1.54, 1.807) is 18.2 Å². The monoisotopic (exact) mass is 331 g/mol. The fourth-order valence-electron chi connectivity index (χ4n) is 1.64. The van der Waals surface area contributed by atoms with Crippen LogP contribution < -0.4 is 9.47 Å². The Bertz CT molecular complexity index is 635. The van der Waals surface area contributed by atoms with Crippen molar-refractivity contribution in [3.63, 3.8) is 0 Å². The lowest BCUT2D eigenvalue weighted by atomic mass is 10.2. The second kappa shape index (κ2) is 6.97. The maximum Gasteiger partial charge on any atom is 0.169 e. The summed E-state index contributed by atoms with van der Waals surface area (Å²) in [5.41, 5.74) is 0.577. The zero-order valence-corrected chi connectivity index (χ0v) is 12.7. The summed E-state index contributed by atoms with van der Waals surface area (Å²) in [6, 6.07) is 14.9. The highest BCUT2D eigenvalue weighted by Gasteiger charge is 2.07. The Kier molecular flexibility index (Phi) is 5.03. The summed E-state index contributed by atoms with van der Waals surface area (Å²) >= 11 is 3.35. The van der Waals surface area contributed by atoms with Crippen molar-refractivity contribution in [3.8, 4) is 23.3 Å². The molecule has 0 amide bonds. The minimum Gasteiger partial charge on any atom is -0.490 e. The average molecular weight is 332 g/mol. The van der Waals surface area contributed by atoms with Crippen molar-refractivity contribution in [1.82, 2.24) is 0 Å². The van der Waals surface area contributed by atoms with Gasteiger partial charge < -0.3 is 9.47 Å². The van der Waals surface area contributed by atoms with E-state index in [2.05, 4.69) is 28.9 Å². The Hall–Kier alpha value is -1.99. The molecule has 0 N–H and O–H groups in total. The highest BCUT2D eigenvalue weighted by atomic mass is 79.9. The van der Waals surface area contributed by atoms with Crippen molar-refractivity contribution < 1.29 is 9.47 Å². The van der Waals surface area contributed by atoms with E-state index in [4.69, 9.17) is 14.7 Å². The smallest absolute Gasteiger partial charge is 0.169 e. The van der Waals surface area contributed by atoms with Crippen molar-refractivity contribution in [1.29, 1.82) is 5.26 Å². The Morgan fingerprint density at radius 3 is 2.55 bits per heavy atom. The lowest BCUT2D eigenvalue weighted by Gasteiger charge is -2.12. The van der Waals surface area contributed by atoms with Crippen LogP contribution in [0.2, 0.25) is 0 Å². The van der Waals surface area contributed by atoms with Crippen molar-refractivity contribution >= 4 is 15.9 Å². The zero-order valence-electron chi connectivity index (χ0n) is 11.1. The van der Waals surface area contributed by atoms with Gasteiger partial charge in [-0.25, -0.2) is 0 Å². The van der Waals surface area contributed by atoms with Gasteiger partial charge in [-0.3, -0.25) is 0 Å². The van der Waals surface area contributed by atoms with Crippen LogP contribution in [0.4, 0.5) is 0 Å². The van der Waals surface area contributed by atoms with Gasteiger partial charge in [-0.05, 0) is 52.7 Å². The van der Waals surface area contributed by atoms with E-state index in [0.717, 1.165) is 12.2 Å². The molecule has 20 heavy (non-hydrogen) atoms. The van der Waals surface area contributed by atoms with Crippen LogP contribution >= 0.6 is 15.9 Å². The molecule has 0 aliphatic rings. The lowest BCUT2D eigenvalue weighted by molar-refractivity contribution is 0.302. The summed E-state index contributed by atoms with van der Waals surface area (Å²) in [7, 11) is 0. The van der Waals surface area contributed by atoms with E-state index >= 15 is 0 Å². The summed E-state index contributed by atoms with van der Waals surface area (Å²) in [5, 5.41) is 8.90. The van der Waals surface area contributed by atoms with Gasteiger partial charge in [-0.1, -0.05) is 19.1 Å². The molecular formula is C16H14BrNO2. The number of nitrogens with zero attached hydrogens (tertiary/aromatic N) is 1. The summed E-state index contributed by atoms with van der Waals surface area (Å²) in [6.07, 6.45) is 0.941. The first-order valence-corrected chi connectivity index (χ1v) is 7.13. The summed E-state index contributed by atoms with van der Waals surface area (Å²) < 4.78 is 12.2. The fourth-order valence-corrected chi connectivity index (χ4v) is 2.09. The Morgan fingerprint density at radius 1 is 1.15 bits per heavy atom. The average Bonchev–Trinajstić information content (AvgIpc) is 2.46. The number of hydrogen-bond acceptors (Lipinski definition) is 3. The predicted octanol–water partition coefficient (Wildman–Crippen LogP) is 4.90. The van der Waals surface area contributed by atoms with Crippen LogP contribution in [0.1, 0.15) is 18.9 Å². The molecule has 102 valence electrons. The number of hydrogen-bond donors (Lipinski definition) is 0. The van der Waals surface area contributed by atoms with Gasteiger partial charge in [0.05, 0.1) is 12.2 Å². The minimum absolute atomic E-state index is 0.577. The number of halogens is 1. The van der Waals surface area contributed by atoms with E-state index in [1.807, 2.05) is 24.3 Å². The normalized spacial score (nSPS) is 9.85. The maximum absolute atomic E-state index is 8.90. The Labute approximate surface area is 126 Å². The molecule has 0 bridgehead atoms. The fraction of sp³-hybridized carbons (Fsp3) is 0.188. The first-order valence-electron chi connectivity index (χ1n) is 6.34. The van der Waals surface area contributed by atoms with Gasteiger partial charge >= 0.3 is 0 Å². The second-order valence-corrected chi connectivity index (χ2v) is 5.01. The zero-order chi connectivity index (χ0) is 14.4. The first-order chi connectivity index (χ1) is 9.74. The van der Waals surface area contributed by atoms with Crippen LogP contribution in [0.15, 0.2) is 46.9 Å². The van der Waals surface area contributed by atoms with E-state index < -0.39 is 0 Å². The van der Waals surface area contributed by atoms with Crippen molar-refractivity contribution in [2.75, 3.05) is 6.61 Å². The highest BCUT2D eigenvalue weighted by molar-refractivity contribution is 9.10. The van der Waals surface area contributed by atoms with Crippen molar-refractivity contribution in [2.45, 2.75) is 13.3 Å². The molecule has 0 saturated carbocycles. The van der Waals surface area contributed by atoms with Crippen LogP contribution in [-0.4, -0.2) is 6.61 Å². The quantitative estimate of drug-likeness (QED) is 0.782. The summed E-state index contributed by atoms with van der Waals surface area (Å²) in [4.78, 5) is 0. The number of benzene rings is 2. The number of ether oxygens (including phenoxy) is 2. The van der Waals surface area contributed by atoms with E-state index in [1.165, 1.54) is 0 Å². The molecule has 0 saturated heterocycles. The van der Waals surface area contributed by atoms with Gasteiger partial charge in [0.25, 0.3) is 0 Å². The molecule has 0 atom stereocenters. The standard InChI is InChI=1S/C16H14BrNO2/c1-2-9-19-15-5-3-4-6-16(15)20-13-8-7-12(11-18)14(17)10-13/h3-8,10H,2,9H2,1H3. The molecule has 4 heteroatoms. The molecule has 0 spiro atoms. The third kappa shape index (κ3) is 3.52. The van der Waals surface area contributed by atoms with Crippen molar-refractivity contribution in [2.24, 2.45) is 0 Å². The third-order valence-electron chi connectivity index (χ3n) is 2.60. The number of nitriles is 1. The van der Waals surface area contributed by atoms with Gasteiger partial charge in [-0.2, -0.15) is 5.26 Å². The molecular weight excluding hydrogens is 318 g/mol. The molecule has 0 aromatic heterocycles. The molecule has 0 aliphatic heterocycles.